The topological polar surface area (TPSA) is 44.7 Å². The van der Waals surface area contributed by atoms with Crippen LogP contribution in [-0.4, -0.2) is 31.8 Å². The minimum absolute atomic E-state index is 0.0824. The number of benzene rings is 3. The van der Waals surface area contributed by atoms with Gasteiger partial charge in [0.1, 0.15) is 11.5 Å². The lowest BCUT2D eigenvalue weighted by molar-refractivity contribution is 0.414. The number of phenols is 1. The number of aryl methyl sites for hydroxylation is 2. The lowest BCUT2D eigenvalue weighted by Gasteiger charge is -2.32. The van der Waals surface area contributed by atoms with E-state index in [4.69, 9.17) is 10.2 Å². The molecule has 3 aromatic rings. The van der Waals surface area contributed by atoms with Crippen molar-refractivity contribution in [3.8, 4) is 11.5 Å². The van der Waals surface area contributed by atoms with E-state index < -0.39 is 13.0 Å². The highest BCUT2D eigenvalue weighted by Crippen LogP contribution is 2.40. The van der Waals surface area contributed by atoms with Gasteiger partial charge in [-0.05, 0) is 97.5 Å². The zero-order valence-electron chi connectivity index (χ0n) is 24.4. The van der Waals surface area contributed by atoms with Crippen LogP contribution in [0.4, 0.5) is 5.69 Å². The number of methoxy groups -OCH3 is 1. The van der Waals surface area contributed by atoms with Gasteiger partial charge in [-0.25, -0.2) is 0 Å². The molecule has 0 amide bonds. The van der Waals surface area contributed by atoms with Crippen molar-refractivity contribution in [1.82, 2.24) is 5.32 Å². The molecule has 2 N–H and O–H groups in total. The van der Waals surface area contributed by atoms with Crippen LogP contribution in [0.25, 0.3) is 0 Å². The molecule has 4 nitrogen and oxygen atoms in total. The van der Waals surface area contributed by atoms with E-state index in [1.807, 2.05) is 42.5 Å². The van der Waals surface area contributed by atoms with Crippen molar-refractivity contribution in [2.75, 3.05) is 31.5 Å². The summed E-state index contributed by atoms with van der Waals surface area (Å²) in [5, 5.41) is 12.3. The van der Waals surface area contributed by atoms with E-state index in [2.05, 4.69) is 29.3 Å². The van der Waals surface area contributed by atoms with Gasteiger partial charge in [0.25, 0.3) is 0 Å². The Morgan fingerprint density at radius 1 is 1.03 bits per heavy atom. The molecule has 0 aliphatic heterocycles. The SMILES string of the molecule is [2H]C([2H])(C)NC([2H])([2H])Cc1ccc(CN(CC)c2cc(OC)ccc2[C@@H]2CCc3cc(O)ccc3C2)cc1. The molecule has 4 heteroatoms. The molecule has 1 aliphatic rings. The Hall–Kier alpha value is -2.98. The Labute approximate surface area is 210 Å². The van der Waals surface area contributed by atoms with Gasteiger partial charge in [-0.2, -0.15) is 0 Å². The predicted molar refractivity (Wildman–Crippen MR) is 141 cm³/mol. The third kappa shape index (κ3) is 5.74. The first-order valence-electron chi connectivity index (χ1n) is 14.1. The summed E-state index contributed by atoms with van der Waals surface area (Å²) in [5.41, 5.74) is 6.93. The van der Waals surface area contributed by atoms with Gasteiger partial charge in [0.15, 0.2) is 0 Å². The molecule has 4 rings (SSSR count). The summed E-state index contributed by atoms with van der Waals surface area (Å²) in [6.45, 7) is 1.35. The average molecular weight is 463 g/mol. The minimum Gasteiger partial charge on any atom is -0.508 e. The molecule has 1 aliphatic carbocycles. The van der Waals surface area contributed by atoms with Crippen molar-refractivity contribution in [2.45, 2.75) is 52.0 Å². The molecule has 34 heavy (non-hydrogen) atoms. The Balaban J connectivity index is 1.54. The summed E-state index contributed by atoms with van der Waals surface area (Å²) in [7, 11) is 1.69. The van der Waals surface area contributed by atoms with Crippen LogP contribution >= 0.6 is 0 Å². The van der Waals surface area contributed by atoms with E-state index in [9.17, 15) is 5.11 Å². The molecule has 1 atom stereocenters. The quantitative estimate of drug-likeness (QED) is 0.397. The second-order valence-corrected chi connectivity index (χ2v) is 8.88. The van der Waals surface area contributed by atoms with Crippen LogP contribution in [0, 0.1) is 0 Å². The summed E-state index contributed by atoms with van der Waals surface area (Å²) in [4.78, 5) is 2.35. The van der Waals surface area contributed by atoms with Crippen LogP contribution in [0.1, 0.15) is 59.5 Å². The lowest BCUT2D eigenvalue weighted by atomic mass is 9.79. The van der Waals surface area contributed by atoms with E-state index >= 15 is 0 Å². The number of aromatic hydroxyl groups is 1. The van der Waals surface area contributed by atoms with Crippen LogP contribution in [0.15, 0.2) is 60.7 Å². The molecule has 0 spiro atoms. The number of rotatable bonds is 10. The van der Waals surface area contributed by atoms with Gasteiger partial charge in [-0.15, -0.1) is 0 Å². The maximum atomic E-state index is 9.88. The Morgan fingerprint density at radius 2 is 1.82 bits per heavy atom. The lowest BCUT2D eigenvalue weighted by Crippen LogP contribution is -2.25. The highest BCUT2D eigenvalue weighted by Gasteiger charge is 2.24. The summed E-state index contributed by atoms with van der Waals surface area (Å²) in [5.74, 6) is 1.53. The zero-order chi connectivity index (χ0) is 27.5. The fraction of sp³-hybridized carbons (Fsp3) is 0.400. The van der Waals surface area contributed by atoms with E-state index in [0.717, 1.165) is 48.4 Å². The Bertz CT molecular complexity index is 1240. The van der Waals surface area contributed by atoms with Gasteiger partial charge < -0.3 is 20.1 Å². The number of nitrogens with one attached hydrogen (secondary N) is 1. The molecular weight excluding hydrogens is 420 g/mol. The highest BCUT2D eigenvalue weighted by atomic mass is 16.5. The largest absolute Gasteiger partial charge is 0.508 e. The fourth-order valence-electron chi connectivity index (χ4n) is 4.86. The van der Waals surface area contributed by atoms with Crippen molar-refractivity contribution in [1.29, 1.82) is 0 Å². The smallest absolute Gasteiger partial charge is 0.120 e. The van der Waals surface area contributed by atoms with Gasteiger partial charge in [-0.3, -0.25) is 0 Å². The molecular formula is C30H38N2O2. The van der Waals surface area contributed by atoms with E-state index in [0.29, 0.717) is 18.2 Å². The van der Waals surface area contributed by atoms with Crippen molar-refractivity contribution in [3.63, 3.8) is 0 Å². The fourth-order valence-corrected chi connectivity index (χ4v) is 4.86. The number of likely N-dealkylation sites (N-methyl/N-ethyl adjacent to an activating group) is 1. The number of hydrogen-bond acceptors (Lipinski definition) is 4. The first kappa shape index (κ1) is 19.3. The number of fused-ring (bicyclic) bond motifs is 1. The molecule has 3 aromatic carbocycles. The van der Waals surface area contributed by atoms with Crippen LogP contribution in [0.3, 0.4) is 0 Å². The third-order valence-electron chi connectivity index (χ3n) is 6.72. The second-order valence-electron chi connectivity index (χ2n) is 8.88. The van der Waals surface area contributed by atoms with Crippen molar-refractivity contribution in [2.24, 2.45) is 0 Å². The predicted octanol–water partition coefficient (Wildman–Crippen LogP) is 5.85. The van der Waals surface area contributed by atoms with Crippen molar-refractivity contribution < 1.29 is 15.3 Å². The number of ether oxygens (including phenoxy) is 1. The van der Waals surface area contributed by atoms with Crippen molar-refractivity contribution >= 4 is 5.69 Å². The second kappa shape index (κ2) is 11.4. The highest BCUT2D eigenvalue weighted by molar-refractivity contribution is 5.60. The summed E-state index contributed by atoms with van der Waals surface area (Å²) >= 11 is 0. The monoisotopic (exact) mass is 462 g/mol. The first-order valence-corrected chi connectivity index (χ1v) is 12.1. The molecule has 0 heterocycles. The summed E-state index contributed by atoms with van der Waals surface area (Å²) < 4.78 is 37.1. The third-order valence-corrected chi connectivity index (χ3v) is 6.72. The number of nitrogens with zero attached hydrogens (tertiary/aromatic N) is 1. The van der Waals surface area contributed by atoms with E-state index in [-0.39, 0.29) is 6.42 Å². The maximum Gasteiger partial charge on any atom is 0.120 e. The molecule has 0 saturated carbocycles. The normalized spacial score (nSPS) is 17.7. The number of anilines is 1. The molecule has 0 saturated heterocycles. The van der Waals surface area contributed by atoms with Gasteiger partial charge in [0.2, 0.25) is 0 Å². The molecule has 0 bridgehead atoms. The van der Waals surface area contributed by atoms with Gasteiger partial charge >= 0.3 is 0 Å². The van der Waals surface area contributed by atoms with Crippen LogP contribution in [0.2, 0.25) is 0 Å². The van der Waals surface area contributed by atoms with E-state index in [1.54, 1.807) is 13.2 Å². The summed E-state index contributed by atoms with van der Waals surface area (Å²) in [6, 6.07) is 20.0. The first-order chi connectivity index (χ1) is 18.0. The number of hydrogen-bond donors (Lipinski definition) is 2. The molecule has 0 aromatic heterocycles. The Morgan fingerprint density at radius 3 is 2.56 bits per heavy atom. The van der Waals surface area contributed by atoms with Crippen LogP contribution in [-0.2, 0) is 25.8 Å². The molecule has 0 radical (unpaired) electrons. The summed E-state index contributed by atoms with van der Waals surface area (Å²) in [6.07, 6.45) is 2.98. The van der Waals surface area contributed by atoms with Crippen molar-refractivity contribution in [3.05, 3.63) is 88.5 Å². The average Bonchev–Trinajstić information content (AvgIpc) is 2.86. The van der Waals surface area contributed by atoms with Gasteiger partial charge in [-0.1, -0.05) is 43.3 Å². The van der Waals surface area contributed by atoms with Crippen LogP contribution < -0.4 is 15.0 Å². The molecule has 0 fully saturated rings. The Kier molecular flexibility index (Phi) is 6.50. The van der Waals surface area contributed by atoms with E-state index in [1.165, 1.54) is 23.6 Å². The standard InChI is InChI=1S/C30H38N2O2/c1-4-31-17-16-22-6-8-23(9-7-22)21-32(5-2)30-20-28(34-3)14-15-29(30)26-11-10-25-19-27(33)13-12-24(25)18-26/h6-9,12-15,19-20,26,31,33H,4-5,10-11,16-18,21H2,1-3H3/t26-/m1/s1/i4D2,17D2. The maximum absolute atomic E-state index is 9.88. The zero-order valence-corrected chi connectivity index (χ0v) is 20.4. The van der Waals surface area contributed by atoms with Gasteiger partial charge in [0, 0.05) is 30.3 Å². The number of phenolic OH excluding ortho intramolecular Hbond substituents is 1. The minimum atomic E-state index is -1.85. The molecule has 0 unspecified atom stereocenters. The molecule has 180 valence electrons. The van der Waals surface area contributed by atoms with Crippen LogP contribution in [0.5, 0.6) is 11.5 Å². The van der Waals surface area contributed by atoms with Gasteiger partial charge in [0.05, 0.1) is 7.11 Å².